The van der Waals surface area contributed by atoms with Gasteiger partial charge in [-0.15, -0.1) is 0 Å². The molecule has 2 N–H and O–H groups in total. The van der Waals surface area contributed by atoms with Crippen LogP contribution in [0, 0.1) is 11.8 Å². The zero-order chi connectivity index (χ0) is 16.0. The third-order valence-corrected chi connectivity index (χ3v) is 3.40. The first kappa shape index (κ1) is 17.3. The van der Waals surface area contributed by atoms with E-state index in [2.05, 4.69) is 5.32 Å². The molecule has 21 heavy (non-hydrogen) atoms. The number of ether oxygens (including phenoxy) is 1. The van der Waals surface area contributed by atoms with Crippen LogP contribution in [0.25, 0.3) is 0 Å². The third kappa shape index (κ3) is 5.61. The molecule has 2 unspecified atom stereocenters. The van der Waals surface area contributed by atoms with Crippen molar-refractivity contribution in [1.29, 1.82) is 0 Å². The van der Waals surface area contributed by atoms with Gasteiger partial charge in [0.25, 0.3) is 0 Å². The molecule has 0 aromatic carbocycles. The Morgan fingerprint density at radius 3 is 2.52 bits per heavy atom. The van der Waals surface area contributed by atoms with Crippen LogP contribution < -0.4 is 5.32 Å². The number of hydrogen-bond donors (Lipinski definition) is 2. The average molecular weight is 300 g/mol. The molecule has 1 heterocycles. The molecule has 0 aromatic heterocycles. The molecule has 7 nitrogen and oxygen atoms in total. The fourth-order valence-electron chi connectivity index (χ4n) is 2.59. The van der Waals surface area contributed by atoms with E-state index >= 15 is 0 Å². The maximum Gasteiger partial charge on any atom is 0.407 e. The van der Waals surface area contributed by atoms with Crippen LogP contribution in [0.1, 0.15) is 33.6 Å². The van der Waals surface area contributed by atoms with Gasteiger partial charge in [-0.1, -0.05) is 13.8 Å². The Labute approximate surface area is 124 Å². The standard InChI is InChI=1S/C14H24N2O5/c1-4-21-14(20)15-11-5-10(6-12(17)18)7-16(8-11)13(19)9(2)3/h9-11H,4-8H2,1-3H3,(H,15,20)(H,17,18). The maximum absolute atomic E-state index is 12.1. The van der Waals surface area contributed by atoms with Crippen LogP contribution in [0.5, 0.6) is 0 Å². The fourth-order valence-corrected chi connectivity index (χ4v) is 2.59. The van der Waals surface area contributed by atoms with Gasteiger partial charge in [0.05, 0.1) is 12.6 Å². The van der Waals surface area contributed by atoms with Crippen LogP contribution in [0.3, 0.4) is 0 Å². The number of amides is 2. The summed E-state index contributed by atoms with van der Waals surface area (Å²) >= 11 is 0. The summed E-state index contributed by atoms with van der Waals surface area (Å²) in [5, 5.41) is 11.6. The lowest BCUT2D eigenvalue weighted by Gasteiger charge is -2.38. The third-order valence-electron chi connectivity index (χ3n) is 3.40. The SMILES string of the molecule is CCOC(=O)NC1CC(CC(=O)O)CN(C(=O)C(C)C)C1. The van der Waals surface area contributed by atoms with Crippen molar-refractivity contribution in [3.63, 3.8) is 0 Å². The first-order valence-corrected chi connectivity index (χ1v) is 7.27. The van der Waals surface area contributed by atoms with Gasteiger partial charge in [0.1, 0.15) is 0 Å². The second kappa shape index (κ2) is 7.85. The smallest absolute Gasteiger partial charge is 0.407 e. The van der Waals surface area contributed by atoms with Gasteiger partial charge in [-0.2, -0.15) is 0 Å². The van der Waals surface area contributed by atoms with Crippen molar-refractivity contribution in [1.82, 2.24) is 10.2 Å². The van der Waals surface area contributed by atoms with E-state index in [4.69, 9.17) is 9.84 Å². The van der Waals surface area contributed by atoms with Crippen LogP contribution in [-0.2, 0) is 14.3 Å². The normalized spacial score (nSPS) is 22.0. The lowest BCUT2D eigenvalue weighted by molar-refractivity contribution is -0.142. The second-order valence-electron chi connectivity index (χ2n) is 5.66. The topological polar surface area (TPSA) is 95.9 Å². The van der Waals surface area contributed by atoms with E-state index in [9.17, 15) is 14.4 Å². The molecular weight excluding hydrogens is 276 g/mol. The minimum Gasteiger partial charge on any atom is -0.481 e. The quantitative estimate of drug-likeness (QED) is 0.792. The molecule has 1 fully saturated rings. The van der Waals surface area contributed by atoms with Crippen molar-refractivity contribution in [2.24, 2.45) is 11.8 Å². The number of aliphatic carboxylic acids is 1. The molecule has 0 aliphatic carbocycles. The number of carbonyl (C=O) groups excluding carboxylic acids is 2. The van der Waals surface area contributed by atoms with E-state index in [1.165, 1.54) is 0 Å². The summed E-state index contributed by atoms with van der Waals surface area (Å²) in [6.07, 6.45) is -0.00834. The molecule has 0 radical (unpaired) electrons. The van der Waals surface area contributed by atoms with Gasteiger partial charge in [-0.25, -0.2) is 4.79 Å². The molecule has 1 aliphatic rings. The van der Waals surface area contributed by atoms with Gasteiger partial charge >= 0.3 is 12.1 Å². The molecule has 7 heteroatoms. The summed E-state index contributed by atoms with van der Waals surface area (Å²) in [6.45, 7) is 6.40. The summed E-state index contributed by atoms with van der Waals surface area (Å²) in [7, 11) is 0. The first-order chi connectivity index (χ1) is 9.83. The van der Waals surface area contributed by atoms with Crippen molar-refractivity contribution in [3.8, 4) is 0 Å². The highest BCUT2D eigenvalue weighted by atomic mass is 16.5. The van der Waals surface area contributed by atoms with Crippen molar-refractivity contribution < 1.29 is 24.2 Å². The minimum absolute atomic E-state index is 0.0110. The zero-order valence-electron chi connectivity index (χ0n) is 12.8. The van der Waals surface area contributed by atoms with Gasteiger partial charge in [0.15, 0.2) is 0 Å². The number of likely N-dealkylation sites (tertiary alicyclic amines) is 1. The number of rotatable bonds is 5. The van der Waals surface area contributed by atoms with Crippen LogP contribution in [0.2, 0.25) is 0 Å². The molecule has 120 valence electrons. The maximum atomic E-state index is 12.1. The van der Waals surface area contributed by atoms with Gasteiger partial charge in [0, 0.05) is 25.4 Å². The molecule has 0 saturated carbocycles. The summed E-state index contributed by atoms with van der Waals surface area (Å²) < 4.78 is 4.83. The number of hydrogen-bond acceptors (Lipinski definition) is 4. The highest BCUT2D eigenvalue weighted by molar-refractivity contribution is 5.78. The van der Waals surface area contributed by atoms with E-state index in [1.807, 2.05) is 0 Å². The first-order valence-electron chi connectivity index (χ1n) is 7.27. The number of alkyl carbamates (subject to hydrolysis) is 1. The zero-order valence-corrected chi connectivity index (χ0v) is 12.8. The Morgan fingerprint density at radius 2 is 2.00 bits per heavy atom. The summed E-state index contributed by atoms with van der Waals surface area (Å²) in [5.74, 6) is -1.24. The number of nitrogens with zero attached hydrogens (tertiary/aromatic N) is 1. The molecule has 2 atom stereocenters. The van der Waals surface area contributed by atoms with E-state index in [0.29, 0.717) is 19.5 Å². The van der Waals surface area contributed by atoms with Crippen molar-refractivity contribution in [2.75, 3.05) is 19.7 Å². The van der Waals surface area contributed by atoms with Gasteiger partial charge < -0.3 is 20.1 Å². The number of piperidine rings is 1. The highest BCUT2D eigenvalue weighted by Crippen LogP contribution is 2.21. The predicted molar refractivity (Wildman–Crippen MR) is 75.7 cm³/mol. The number of nitrogens with one attached hydrogen (secondary N) is 1. The predicted octanol–water partition coefficient (Wildman–Crippen LogP) is 1.08. The molecule has 0 aromatic rings. The summed E-state index contributed by atoms with van der Waals surface area (Å²) in [6, 6.07) is -0.273. The Morgan fingerprint density at radius 1 is 1.33 bits per heavy atom. The van der Waals surface area contributed by atoms with E-state index in [0.717, 1.165) is 0 Å². The van der Waals surface area contributed by atoms with E-state index < -0.39 is 12.1 Å². The lowest BCUT2D eigenvalue weighted by atomic mass is 9.91. The lowest BCUT2D eigenvalue weighted by Crippen LogP contribution is -2.53. The van der Waals surface area contributed by atoms with Gasteiger partial charge in [0.2, 0.25) is 5.91 Å². The number of carboxylic acids is 1. The summed E-state index contributed by atoms with van der Waals surface area (Å²) in [4.78, 5) is 36.1. The van der Waals surface area contributed by atoms with Crippen LogP contribution in [0.4, 0.5) is 4.79 Å². The van der Waals surface area contributed by atoms with Crippen molar-refractivity contribution in [3.05, 3.63) is 0 Å². The van der Waals surface area contributed by atoms with E-state index in [1.54, 1.807) is 25.7 Å². The average Bonchev–Trinajstić information content (AvgIpc) is 2.36. The molecule has 1 aliphatic heterocycles. The van der Waals surface area contributed by atoms with E-state index in [-0.39, 0.29) is 36.8 Å². The fraction of sp³-hybridized carbons (Fsp3) is 0.786. The second-order valence-corrected chi connectivity index (χ2v) is 5.66. The molecule has 2 amide bonds. The van der Waals surface area contributed by atoms with Crippen LogP contribution >= 0.6 is 0 Å². The van der Waals surface area contributed by atoms with Crippen molar-refractivity contribution in [2.45, 2.75) is 39.7 Å². The Bertz CT molecular complexity index is 397. The van der Waals surface area contributed by atoms with Crippen LogP contribution in [0.15, 0.2) is 0 Å². The Balaban J connectivity index is 2.71. The van der Waals surface area contributed by atoms with Crippen LogP contribution in [-0.4, -0.2) is 53.7 Å². The molecule has 0 bridgehead atoms. The number of carboxylic acid groups (broad SMARTS) is 1. The number of carbonyl (C=O) groups is 3. The molecule has 1 rings (SSSR count). The molecule has 1 saturated heterocycles. The summed E-state index contributed by atoms with van der Waals surface area (Å²) in [5.41, 5.74) is 0. The largest absolute Gasteiger partial charge is 0.481 e. The monoisotopic (exact) mass is 300 g/mol. The Hall–Kier alpha value is -1.79. The highest BCUT2D eigenvalue weighted by Gasteiger charge is 2.32. The van der Waals surface area contributed by atoms with Gasteiger partial charge in [-0.3, -0.25) is 9.59 Å². The molecule has 0 spiro atoms. The Kier molecular flexibility index (Phi) is 6.45. The van der Waals surface area contributed by atoms with Crippen molar-refractivity contribution >= 4 is 18.0 Å². The van der Waals surface area contributed by atoms with Gasteiger partial charge in [-0.05, 0) is 19.3 Å². The minimum atomic E-state index is -0.895. The molecular formula is C14H24N2O5.